The van der Waals surface area contributed by atoms with Crippen molar-refractivity contribution >= 4 is 51.6 Å². The lowest BCUT2D eigenvalue weighted by molar-refractivity contribution is -0.135. The van der Waals surface area contributed by atoms with E-state index in [2.05, 4.69) is 35.5 Å². The van der Waals surface area contributed by atoms with Gasteiger partial charge in [0, 0.05) is 65.1 Å². The summed E-state index contributed by atoms with van der Waals surface area (Å²) in [7, 11) is 1.70. The molecule has 4 aromatic heterocycles. The lowest BCUT2D eigenvalue weighted by atomic mass is 9.82. The number of hydrogen-bond acceptors (Lipinski definition) is 11. The molecule has 1 saturated carbocycles. The second-order valence-electron chi connectivity index (χ2n) is 18.9. The number of amides is 3. The van der Waals surface area contributed by atoms with Gasteiger partial charge in [0.15, 0.2) is 11.3 Å². The van der Waals surface area contributed by atoms with E-state index in [1.807, 2.05) is 24.3 Å². The molecule has 6 aliphatic rings. The first-order chi connectivity index (χ1) is 30.9. The van der Waals surface area contributed by atoms with E-state index in [4.69, 9.17) is 9.72 Å². The van der Waals surface area contributed by atoms with E-state index < -0.39 is 35.6 Å². The smallest absolute Gasteiger partial charge is 0.329 e. The second-order valence-corrected chi connectivity index (χ2v) is 18.9. The lowest BCUT2D eigenvalue weighted by Crippen LogP contribution is -2.60. The summed E-state index contributed by atoms with van der Waals surface area (Å²) in [6.45, 7) is 4.45. The number of ether oxygens (including phenoxy) is 1. The average Bonchev–Trinajstić information content (AvgIpc) is 4.10. The van der Waals surface area contributed by atoms with Crippen molar-refractivity contribution in [3.63, 3.8) is 0 Å². The van der Waals surface area contributed by atoms with Crippen LogP contribution in [0.15, 0.2) is 47.7 Å². The van der Waals surface area contributed by atoms with Crippen LogP contribution in [0.4, 0.5) is 30.4 Å². The maximum Gasteiger partial charge on any atom is 0.329 e. The molecule has 1 aromatic carbocycles. The first-order valence-electron chi connectivity index (χ1n) is 22.5. The van der Waals surface area contributed by atoms with Crippen LogP contribution in [-0.4, -0.2) is 120 Å². The highest BCUT2D eigenvalue weighted by Crippen LogP contribution is 2.40. The number of nitrogens with zero attached hydrogens (tertiary/aromatic N) is 10. The van der Waals surface area contributed by atoms with Crippen LogP contribution < -0.4 is 26.1 Å². The molecule has 6 fully saturated rings. The lowest BCUT2D eigenvalue weighted by Gasteiger charge is -2.48. The van der Waals surface area contributed by atoms with Gasteiger partial charge in [-0.15, -0.1) is 0 Å². The summed E-state index contributed by atoms with van der Waals surface area (Å²) in [5.41, 5.74) is 0.764. The molecule has 3 atom stereocenters. The third kappa shape index (κ3) is 7.21. The minimum atomic E-state index is -2.89. The monoisotopic (exact) mass is 884 g/mol. The number of likely N-dealkylation sites (tertiary alicyclic amines) is 1. The number of imide groups is 1. The molecule has 5 aromatic rings. The first kappa shape index (κ1) is 41.0. The summed E-state index contributed by atoms with van der Waals surface area (Å²) in [6.07, 6.45) is 7.76. The van der Waals surface area contributed by atoms with Gasteiger partial charge in [0.2, 0.25) is 11.8 Å². The van der Waals surface area contributed by atoms with Crippen molar-refractivity contribution in [2.24, 2.45) is 18.9 Å². The molecule has 1 aliphatic carbocycles. The van der Waals surface area contributed by atoms with Crippen molar-refractivity contribution in [2.75, 3.05) is 61.0 Å². The largest absolute Gasteiger partial charge is 0.374 e. The summed E-state index contributed by atoms with van der Waals surface area (Å²) >= 11 is 0. The Labute approximate surface area is 365 Å². The maximum absolute atomic E-state index is 15.9. The van der Waals surface area contributed by atoms with Crippen LogP contribution in [0.2, 0.25) is 0 Å². The van der Waals surface area contributed by atoms with Gasteiger partial charge in [0.25, 0.3) is 12.3 Å². The van der Waals surface area contributed by atoms with Crippen molar-refractivity contribution in [3.05, 3.63) is 64.6 Å². The number of aryl methyl sites for hydroxylation is 1. The molecule has 9 heterocycles. The number of imidazole rings is 1. The van der Waals surface area contributed by atoms with Gasteiger partial charge >= 0.3 is 5.69 Å². The van der Waals surface area contributed by atoms with Crippen LogP contribution in [0, 0.1) is 11.8 Å². The van der Waals surface area contributed by atoms with Gasteiger partial charge in [-0.2, -0.15) is 10.2 Å². The zero-order valence-electron chi connectivity index (χ0n) is 35.5. The van der Waals surface area contributed by atoms with E-state index in [1.54, 1.807) is 22.5 Å². The number of carbonyl (C=O) groups excluding carboxylic acids is 3. The molecule has 0 radical (unpaired) electrons. The van der Waals surface area contributed by atoms with Gasteiger partial charge in [-0.05, 0) is 81.4 Å². The maximum atomic E-state index is 15.9. The minimum Gasteiger partial charge on any atom is -0.374 e. The molecule has 2 bridgehead atoms. The van der Waals surface area contributed by atoms with Crippen LogP contribution in [0.5, 0.6) is 0 Å². The van der Waals surface area contributed by atoms with Crippen molar-refractivity contribution in [2.45, 2.75) is 94.1 Å². The van der Waals surface area contributed by atoms with E-state index in [-0.39, 0.29) is 53.9 Å². The molecule has 0 spiro atoms. The summed E-state index contributed by atoms with van der Waals surface area (Å²) in [6, 6.07) is 6.92. The zero-order valence-corrected chi connectivity index (χ0v) is 35.5. The number of alkyl halides is 3. The number of morpholine rings is 1. The van der Waals surface area contributed by atoms with Gasteiger partial charge in [-0.1, -0.05) is 6.07 Å². The Bertz CT molecular complexity index is 2710. The predicted molar refractivity (Wildman–Crippen MR) is 228 cm³/mol. The average molecular weight is 885 g/mol. The Kier molecular flexibility index (Phi) is 10.1. The van der Waals surface area contributed by atoms with E-state index in [0.717, 1.165) is 81.7 Å². The highest BCUT2D eigenvalue weighted by Gasteiger charge is 2.45. The summed E-state index contributed by atoms with van der Waals surface area (Å²) in [5.74, 6) is 0.0229. The van der Waals surface area contributed by atoms with Crippen molar-refractivity contribution < 1.29 is 32.3 Å². The Balaban J connectivity index is 0.651. The SMILES string of the molecule is Cn1c(=O)n(C2CCC(=O)NC2=O)c2cccc(N3CC(CCC4(F)CN(C[C@H]5CC[C@H](n6cc(NC(=O)c7cnn8ccc(N9C[C@H]%10C[C@@H]9CO%10)nc78)c(C(F)F)n6)CC5)C4)C3)c21. The molecule has 17 nitrogen and oxygen atoms in total. The molecule has 338 valence electrons. The quantitative estimate of drug-likeness (QED) is 0.171. The second kappa shape index (κ2) is 15.7. The third-order valence-electron chi connectivity index (χ3n) is 14.6. The first-order valence-corrected chi connectivity index (χ1v) is 22.5. The predicted octanol–water partition coefficient (Wildman–Crippen LogP) is 4.40. The van der Waals surface area contributed by atoms with E-state index in [9.17, 15) is 28.0 Å². The van der Waals surface area contributed by atoms with Crippen LogP contribution in [0.1, 0.15) is 92.3 Å². The number of benzene rings is 1. The van der Waals surface area contributed by atoms with Gasteiger partial charge in [-0.3, -0.25) is 38.4 Å². The zero-order chi connectivity index (χ0) is 44.0. The summed E-state index contributed by atoms with van der Waals surface area (Å²) < 4.78 is 56.3. The van der Waals surface area contributed by atoms with Crippen LogP contribution in [0.25, 0.3) is 16.7 Å². The van der Waals surface area contributed by atoms with Crippen molar-refractivity contribution in [3.8, 4) is 0 Å². The molecular weight excluding hydrogens is 834 g/mol. The number of fused-ring (bicyclic) bond motifs is 4. The fraction of sp³-hybridized carbons (Fsp3) is 0.568. The van der Waals surface area contributed by atoms with Gasteiger partial charge in [-0.25, -0.2) is 27.5 Å². The molecule has 5 saturated heterocycles. The summed E-state index contributed by atoms with van der Waals surface area (Å²) in [4.78, 5) is 62.6. The van der Waals surface area contributed by atoms with Gasteiger partial charge < -0.3 is 19.9 Å². The van der Waals surface area contributed by atoms with Gasteiger partial charge in [0.1, 0.15) is 23.1 Å². The Hall–Kier alpha value is -5.76. The number of carbonyl (C=O) groups is 3. The topological polar surface area (TPSA) is 169 Å². The molecule has 1 unspecified atom stereocenters. The Morgan fingerprint density at radius 3 is 2.58 bits per heavy atom. The van der Waals surface area contributed by atoms with E-state index in [0.29, 0.717) is 49.1 Å². The fourth-order valence-corrected chi connectivity index (χ4v) is 11.2. The number of anilines is 3. The van der Waals surface area contributed by atoms with E-state index in [1.165, 1.54) is 21.5 Å². The van der Waals surface area contributed by atoms with E-state index >= 15 is 4.39 Å². The Morgan fingerprint density at radius 1 is 1.03 bits per heavy atom. The number of rotatable bonds is 12. The van der Waals surface area contributed by atoms with Crippen molar-refractivity contribution in [1.82, 2.24) is 43.7 Å². The van der Waals surface area contributed by atoms with Crippen LogP contribution in [0.3, 0.4) is 0 Å². The number of aromatic nitrogens is 7. The van der Waals surface area contributed by atoms with Crippen LogP contribution >= 0.6 is 0 Å². The van der Waals surface area contributed by atoms with Crippen LogP contribution in [-0.2, 0) is 21.4 Å². The standard InChI is InChI=1S/C44H51F3N12O5/c1-53-38-32(3-2-4-33(38)59(43(53)63)34-9-10-36(60)51-42(34)62)55-18-26(19-55)11-13-44(47)23-54(24-44)17-25-5-7-27(8-6-25)58-21-31(37(52-58)39(45)46)49-41(61)30-16-48-57-14-12-35(50-40(30)57)56-20-29-15-28(56)22-64-29/h2-4,12,14,16,21,25-29,34,39H,5-11,13,15,17-20,22-24H2,1H3,(H,49,61)(H,51,60,62)/t25-,27-,28-,29-,34?/m1/s1. The highest BCUT2D eigenvalue weighted by molar-refractivity contribution is 6.08. The molecule has 5 aliphatic heterocycles. The number of halogens is 3. The minimum absolute atomic E-state index is 0.0351. The van der Waals surface area contributed by atoms with Crippen molar-refractivity contribution in [1.29, 1.82) is 0 Å². The van der Waals surface area contributed by atoms with Gasteiger partial charge in [0.05, 0.1) is 53.4 Å². The molecule has 3 amide bonds. The summed E-state index contributed by atoms with van der Waals surface area (Å²) in [5, 5.41) is 13.6. The molecule has 20 heteroatoms. The number of para-hydroxylation sites is 1. The molecule has 11 rings (SSSR count). The number of hydrogen-bond donors (Lipinski definition) is 2. The molecular formula is C44H51F3N12O5. The Morgan fingerprint density at radius 2 is 1.84 bits per heavy atom. The normalized spacial score (nSPS) is 26.0. The molecule has 64 heavy (non-hydrogen) atoms. The number of nitrogens with one attached hydrogen (secondary N) is 2. The fourth-order valence-electron chi connectivity index (χ4n) is 11.2. The molecule has 2 N–H and O–H groups in total. The number of piperidine rings is 1. The highest BCUT2D eigenvalue weighted by atomic mass is 19.3. The third-order valence-corrected chi connectivity index (χ3v) is 14.6.